The second-order valence-corrected chi connectivity index (χ2v) is 5.21. The van der Waals surface area contributed by atoms with E-state index in [4.69, 9.17) is 0 Å². The van der Waals surface area contributed by atoms with Gasteiger partial charge in [0.05, 0.1) is 16.8 Å². The molecule has 1 aliphatic rings. The van der Waals surface area contributed by atoms with Crippen LogP contribution in [-0.4, -0.2) is 29.3 Å². The molecule has 1 amide bonds. The van der Waals surface area contributed by atoms with E-state index in [1.165, 1.54) is 11.3 Å². The Kier molecular flexibility index (Phi) is 2.71. The Morgan fingerprint density at radius 1 is 1.50 bits per heavy atom. The lowest BCUT2D eigenvalue weighted by Gasteiger charge is -2.04. The minimum atomic E-state index is -0.224. The van der Waals surface area contributed by atoms with Crippen molar-refractivity contribution in [1.29, 1.82) is 0 Å². The number of nitrogens with zero attached hydrogens (tertiary/aromatic N) is 2. The zero-order chi connectivity index (χ0) is 12.5. The van der Waals surface area contributed by atoms with Gasteiger partial charge < -0.3 is 5.32 Å². The highest BCUT2D eigenvalue weighted by Crippen LogP contribution is 2.25. The van der Waals surface area contributed by atoms with E-state index < -0.39 is 0 Å². The Bertz CT molecular complexity index is 601. The van der Waals surface area contributed by atoms with Crippen LogP contribution in [0.3, 0.4) is 0 Å². The fourth-order valence-corrected chi connectivity index (χ4v) is 2.63. The molecule has 3 rings (SSSR count). The Balaban J connectivity index is 1.78. The van der Waals surface area contributed by atoms with E-state index in [9.17, 15) is 4.79 Å². The van der Waals surface area contributed by atoms with E-state index in [-0.39, 0.29) is 11.9 Å². The lowest BCUT2D eigenvalue weighted by molar-refractivity contribution is -0.110. The SMILES string of the molecule is CC1CN=C(C(=O)Nc2nc3ccccc3s2)N1. The van der Waals surface area contributed by atoms with Gasteiger partial charge >= 0.3 is 0 Å². The van der Waals surface area contributed by atoms with E-state index in [1.807, 2.05) is 31.2 Å². The number of benzene rings is 1. The zero-order valence-corrected chi connectivity index (χ0v) is 10.6. The van der Waals surface area contributed by atoms with Gasteiger partial charge in [0.25, 0.3) is 5.91 Å². The van der Waals surface area contributed by atoms with Crippen molar-refractivity contribution in [2.45, 2.75) is 13.0 Å². The van der Waals surface area contributed by atoms with Crippen molar-refractivity contribution in [3.63, 3.8) is 0 Å². The number of aromatic nitrogens is 1. The van der Waals surface area contributed by atoms with Gasteiger partial charge in [0.2, 0.25) is 0 Å². The van der Waals surface area contributed by atoms with Crippen LogP contribution < -0.4 is 10.6 Å². The molecule has 1 atom stereocenters. The van der Waals surface area contributed by atoms with Crippen LogP contribution in [0.15, 0.2) is 29.3 Å². The molecule has 0 aliphatic carbocycles. The smallest absolute Gasteiger partial charge is 0.292 e. The van der Waals surface area contributed by atoms with Gasteiger partial charge in [0.15, 0.2) is 11.0 Å². The number of fused-ring (bicyclic) bond motifs is 1. The van der Waals surface area contributed by atoms with Gasteiger partial charge in [0, 0.05) is 6.04 Å². The van der Waals surface area contributed by atoms with Gasteiger partial charge in [-0.25, -0.2) is 4.98 Å². The molecule has 2 aromatic rings. The number of para-hydroxylation sites is 1. The number of carbonyl (C=O) groups excluding carboxylic acids is 1. The van der Waals surface area contributed by atoms with Crippen molar-refractivity contribution < 1.29 is 4.79 Å². The molecule has 6 heteroatoms. The molecule has 1 aliphatic heterocycles. The number of nitrogens with one attached hydrogen (secondary N) is 2. The molecule has 18 heavy (non-hydrogen) atoms. The van der Waals surface area contributed by atoms with Gasteiger partial charge in [-0.2, -0.15) is 0 Å². The van der Waals surface area contributed by atoms with E-state index in [0.717, 1.165) is 10.2 Å². The lowest BCUT2D eigenvalue weighted by atomic mass is 10.3. The van der Waals surface area contributed by atoms with E-state index >= 15 is 0 Å². The quantitative estimate of drug-likeness (QED) is 0.862. The molecule has 2 heterocycles. The van der Waals surface area contributed by atoms with Gasteiger partial charge in [-0.1, -0.05) is 23.5 Å². The summed E-state index contributed by atoms with van der Waals surface area (Å²) in [6.07, 6.45) is 0. The van der Waals surface area contributed by atoms with Crippen LogP contribution in [0, 0.1) is 0 Å². The maximum Gasteiger partial charge on any atom is 0.292 e. The average Bonchev–Trinajstić information content (AvgIpc) is 2.94. The molecular weight excluding hydrogens is 248 g/mol. The maximum atomic E-state index is 11.9. The highest BCUT2D eigenvalue weighted by atomic mass is 32.1. The summed E-state index contributed by atoms with van der Waals surface area (Å²) in [7, 11) is 0. The van der Waals surface area contributed by atoms with Crippen molar-refractivity contribution in [2.75, 3.05) is 11.9 Å². The van der Waals surface area contributed by atoms with Crippen molar-refractivity contribution in [2.24, 2.45) is 4.99 Å². The van der Waals surface area contributed by atoms with Gasteiger partial charge in [0.1, 0.15) is 0 Å². The van der Waals surface area contributed by atoms with Crippen LogP contribution in [0.1, 0.15) is 6.92 Å². The Hall–Kier alpha value is -1.95. The van der Waals surface area contributed by atoms with E-state index in [1.54, 1.807) is 0 Å². The molecule has 1 aromatic carbocycles. The Morgan fingerprint density at radius 3 is 3.06 bits per heavy atom. The minimum Gasteiger partial charge on any atom is -0.361 e. The number of amidine groups is 1. The normalized spacial score (nSPS) is 18.5. The summed E-state index contributed by atoms with van der Waals surface area (Å²) in [6, 6.07) is 8.01. The van der Waals surface area contributed by atoms with Crippen molar-refractivity contribution >= 4 is 38.4 Å². The average molecular weight is 260 g/mol. The van der Waals surface area contributed by atoms with Gasteiger partial charge in [-0.3, -0.25) is 15.1 Å². The summed E-state index contributed by atoms with van der Waals surface area (Å²) < 4.78 is 1.06. The van der Waals surface area contributed by atoms with Crippen LogP contribution in [-0.2, 0) is 4.79 Å². The molecule has 0 saturated carbocycles. The summed E-state index contributed by atoms with van der Waals surface area (Å²) >= 11 is 1.46. The number of aliphatic imine (C=N–C) groups is 1. The molecule has 1 unspecified atom stereocenters. The monoisotopic (exact) mass is 260 g/mol. The number of anilines is 1. The molecule has 2 N–H and O–H groups in total. The molecule has 0 saturated heterocycles. The van der Waals surface area contributed by atoms with Crippen LogP contribution in [0.5, 0.6) is 0 Å². The van der Waals surface area contributed by atoms with Crippen molar-refractivity contribution in [3.8, 4) is 0 Å². The first-order chi connectivity index (χ1) is 8.72. The summed E-state index contributed by atoms with van der Waals surface area (Å²) in [5, 5.41) is 6.39. The number of hydrogen-bond donors (Lipinski definition) is 2. The number of rotatable bonds is 2. The summed E-state index contributed by atoms with van der Waals surface area (Å²) in [6.45, 7) is 2.63. The fraction of sp³-hybridized carbons (Fsp3) is 0.250. The highest BCUT2D eigenvalue weighted by molar-refractivity contribution is 7.22. The van der Waals surface area contributed by atoms with Crippen molar-refractivity contribution in [3.05, 3.63) is 24.3 Å². The minimum absolute atomic E-state index is 0.223. The largest absolute Gasteiger partial charge is 0.361 e. The molecule has 0 spiro atoms. The summed E-state index contributed by atoms with van der Waals surface area (Å²) in [4.78, 5) is 20.4. The zero-order valence-electron chi connectivity index (χ0n) is 9.80. The van der Waals surface area contributed by atoms with E-state index in [0.29, 0.717) is 17.5 Å². The second kappa shape index (κ2) is 4.38. The molecule has 0 radical (unpaired) electrons. The number of thiazole rings is 1. The fourth-order valence-electron chi connectivity index (χ4n) is 1.77. The third kappa shape index (κ3) is 2.06. The summed E-state index contributed by atoms with van der Waals surface area (Å²) in [5.41, 5.74) is 0.896. The van der Waals surface area contributed by atoms with Gasteiger partial charge in [-0.15, -0.1) is 0 Å². The third-order valence-corrected chi connectivity index (χ3v) is 3.59. The predicted molar refractivity (Wildman–Crippen MR) is 73.1 cm³/mol. The highest BCUT2D eigenvalue weighted by Gasteiger charge is 2.20. The van der Waals surface area contributed by atoms with Crippen LogP contribution in [0.4, 0.5) is 5.13 Å². The molecular formula is C12H12N4OS. The van der Waals surface area contributed by atoms with Crippen LogP contribution >= 0.6 is 11.3 Å². The number of carbonyl (C=O) groups is 1. The molecule has 5 nitrogen and oxygen atoms in total. The molecule has 0 fully saturated rings. The first-order valence-electron chi connectivity index (χ1n) is 5.70. The van der Waals surface area contributed by atoms with Crippen LogP contribution in [0.2, 0.25) is 0 Å². The molecule has 0 bridgehead atoms. The lowest BCUT2D eigenvalue weighted by Crippen LogP contribution is -2.36. The van der Waals surface area contributed by atoms with Crippen LogP contribution in [0.25, 0.3) is 10.2 Å². The number of hydrogen-bond acceptors (Lipinski definition) is 5. The van der Waals surface area contributed by atoms with Gasteiger partial charge in [-0.05, 0) is 19.1 Å². The maximum absolute atomic E-state index is 11.9. The predicted octanol–water partition coefficient (Wildman–Crippen LogP) is 1.62. The Labute approximate surface area is 108 Å². The van der Waals surface area contributed by atoms with E-state index in [2.05, 4.69) is 20.6 Å². The first-order valence-corrected chi connectivity index (χ1v) is 6.52. The summed E-state index contributed by atoms with van der Waals surface area (Å²) in [5.74, 6) is 0.167. The van der Waals surface area contributed by atoms with Crippen molar-refractivity contribution in [1.82, 2.24) is 10.3 Å². The molecule has 92 valence electrons. The topological polar surface area (TPSA) is 66.4 Å². The first kappa shape index (κ1) is 11.2. The molecule has 1 aromatic heterocycles. The second-order valence-electron chi connectivity index (χ2n) is 4.18. The Morgan fingerprint density at radius 2 is 2.33 bits per heavy atom. The third-order valence-electron chi connectivity index (χ3n) is 2.64. The number of amides is 1. The standard InChI is InChI=1S/C12H12N4OS/c1-7-6-13-10(14-7)11(17)16-12-15-8-4-2-3-5-9(8)18-12/h2-5,7H,6H2,1H3,(H,13,14)(H,15,16,17).